The van der Waals surface area contributed by atoms with Gasteiger partial charge < -0.3 is 14.6 Å². The molecule has 144 valence electrons. The lowest BCUT2D eigenvalue weighted by Gasteiger charge is -2.27. The first kappa shape index (κ1) is 18.0. The van der Waals surface area contributed by atoms with Crippen LogP contribution in [0.2, 0.25) is 0 Å². The van der Waals surface area contributed by atoms with Crippen molar-refractivity contribution in [1.29, 1.82) is 0 Å². The number of rotatable bonds is 5. The van der Waals surface area contributed by atoms with E-state index >= 15 is 0 Å². The van der Waals surface area contributed by atoms with Crippen molar-refractivity contribution in [3.05, 3.63) is 35.7 Å². The zero-order valence-corrected chi connectivity index (χ0v) is 16.3. The van der Waals surface area contributed by atoms with Gasteiger partial charge in [-0.3, -0.25) is 4.79 Å². The number of H-pyrrole nitrogens is 1. The van der Waals surface area contributed by atoms with Crippen LogP contribution in [0, 0.1) is 6.92 Å². The summed E-state index contributed by atoms with van der Waals surface area (Å²) >= 11 is 0. The van der Waals surface area contributed by atoms with Gasteiger partial charge in [-0.15, -0.1) is 0 Å². The molecule has 1 unspecified atom stereocenters. The lowest BCUT2D eigenvalue weighted by Crippen LogP contribution is -2.43. The van der Waals surface area contributed by atoms with E-state index in [0.29, 0.717) is 29.4 Å². The quantitative estimate of drug-likeness (QED) is 0.846. The van der Waals surface area contributed by atoms with E-state index in [0.717, 1.165) is 18.4 Å². The van der Waals surface area contributed by atoms with Gasteiger partial charge in [-0.05, 0) is 38.3 Å². The summed E-state index contributed by atoms with van der Waals surface area (Å²) in [5.41, 5.74) is 1.88. The van der Waals surface area contributed by atoms with E-state index < -0.39 is 9.84 Å². The molecule has 1 aromatic carbocycles. The Hall–Kier alpha value is -2.35. The average molecular weight is 389 g/mol. The number of nitrogens with zero attached hydrogens (tertiary/aromatic N) is 2. The number of sulfone groups is 1. The van der Waals surface area contributed by atoms with Crippen LogP contribution < -0.4 is 4.74 Å². The topological polar surface area (TPSA) is 92.4 Å². The number of aromatic amines is 1. The average Bonchev–Trinajstić information content (AvgIpc) is 3.30. The minimum Gasteiger partial charge on any atom is -0.497 e. The fraction of sp³-hybridized carbons (Fsp3) is 0.474. The van der Waals surface area contributed by atoms with Gasteiger partial charge in [0.25, 0.3) is 5.91 Å². The van der Waals surface area contributed by atoms with Crippen molar-refractivity contribution in [2.24, 2.45) is 0 Å². The monoisotopic (exact) mass is 389 g/mol. The van der Waals surface area contributed by atoms with Gasteiger partial charge in [-0.25, -0.2) is 13.4 Å². The van der Waals surface area contributed by atoms with Crippen molar-refractivity contribution in [3.8, 4) is 17.1 Å². The summed E-state index contributed by atoms with van der Waals surface area (Å²) in [6.07, 6.45) is 2.36. The van der Waals surface area contributed by atoms with Crippen LogP contribution >= 0.6 is 0 Å². The Morgan fingerprint density at radius 2 is 2.04 bits per heavy atom. The number of methoxy groups -OCH3 is 1. The summed E-state index contributed by atoms with van der Waals surface area (Å²) in [6, 6.07) is 7.36. The number of aromatic nitrogens is 2. The normalized spacial score (nSPS) is 21.2. The van der Waals surface area contributed by atoms with Crippen LogP contribution in [0.25, 0.3) is 11.4 Å². The van der Waals surface area contributed by atoms with E-state index in [-0.39, 0.29) is 29.5 Å². The van der Waals surface area contributed by atoms with Crippen molar-refractivity contribution in [3.63, 3.8) is 0 Å². The number of hydrogen-bond donors (Lipinski definition) is 1. The number of benzene rings is 1. The highest BCUT2D eigenvalue weighted by atomic mass is 32.2. The largest absolute Gasteiger partial charge is 0.497 e. The molecule has 1 aliphatic heterocycles. The summed E-state index contributed by atoms with van der Waals surface area (Å²) in [5, 5.41) is 0. The number of aryl methyl sites for hydroxylation is 1. The minimum atomic E-state index is -3.05. The Labute approximate surface area is 158 Å². The standard InChI is InChI=1S/C19H23N3O4S/c1-12-17(21-18(20-12)13-4-3-5-16(10-13)26-2)19(23)22(14-6-7-14)15-8-9-27(24,25)11-15/h3-5,10,14-15H,6-9,11H2,1-2H3,(H,20,21). The third kappa shape index (κ3) is 3.58. The zero-order valence-electron chi connectivity index (χ0n) is 15.4. The number of nitrogens with one attached hydrogen (secondary N) is 1. The molecule has 2 heterocycles. The molecule has 1 N–H and O–H groups in total. The fourth-order valence-corrected chi connectivity index (χ4v) is 5.39. The van der Waals surface area contributed by atoms with Crippen LogP contribution in [0.1, 0.15) is 35.4 Å². The summed E-state index contributed by atoms with van der Waals surface area (Å²) in [4.78, 5) is 22.7. The molecule has 1 amide bonds. The van der Waals surface area contributed by atoms with Gasteiger partial charge in [0.1, 0.15) is 17.3 Å². The van der Waals surface area contributed by atoms with Gasteiger partial charge in [0.2, 0.25) is 0 Å². The molecule has 0 spiro atoms. The second-order valence-corrected chi connectivity index (χ2v) is 9.52. The van der Waals surface area contributed by atoms with Gasteiger partial charge in [0.15, 0.2) is 9.84 Å². The van der Waals surface area contributed by atoms with Crippen molar-refractivity contribution in [2.75, 3.05) is 18.6 Å². The highest BCUT2D eigenvalue weighted by Gasteiger charge is 2.43. The van der Waals surface area contributed by atoms with Crippen LogP contribution in [0.15, 0.2) is 24.3 Å². The van der Waals surface area contributed by atoms with Crippen molar-refractivity contribution >= 4 is 15.7 Å². The smallest absolute Gasteiger partial charge is 0.274 e. The SMILES string of the molecule is COc1cccc(-c2nc(C(=O)N(C3CC3)C3CCS(=O)(=O)C3)c(C)[nH]2)c1. The highest BCUT2D eigenvalue weighted by molar-refractivity contribution is 7.91. The molecule has 1 saturated heterocycles. The summed E-state index contributed by atoms with van der Waals surface area (Å²) in [5.74, 6) is 1.35. The number of carbonyl (C=O) groups is 1. The van der Waals surface area contributed by atoms with Crippen molar-refractivity contribution in [1.82, 2.24) is 14.9 Å². The predicted molar refractivity (Wildman–Crippen MR) is 102 cm³/mol. The minimum absolute atomic E-state index is 0.0570. The molecule has 8 heteroatoms. The molecular weight excluding hydrogens is 366 g/mol. The zero-order chi connectivity index (χ0) is 19.2. The summed E-state index contributed by atoms with van der Waals surface area (Å²) < 4.78 is 29.0. The van der Waals surface area contributed by atoms with E-state index in [1.54, 1.807) is 12.0 Å². The number of amides is 1. The first-order valence-electron chi connectivity index (χ1n) is 9.12. The Kier molecular flexibility index (Phi) is 4.46. The Balaban J connectivity index is 1.64. The van der Waals surface area contributed by atoms with E-state index in [1.165, 1.54) is 0 Å². The lowest BCUT2D eigenvalue weighted by atomic mass is 10.2. The van der Waals surface area contributed by atoms with Crippen LogP contribution in [0.5, 0.6) is 5.75 Å². The maximum atomic E-state index is 13.2. The van der Waals surface area contributed by atoms with Gasteiger partial charge in [0.05, 0.1) is 18.6 Å². The molecule has 4 rings (SSSR count). The van der Waals surface area contributed by atoms with E-state index in [1.807, 2.05) is 31.2 Å². The molecule has 0 radical (unpaired) electrons. The maximum Gasteiger partial charge on any atom is 0.274 e. The summed E-state index contributed by atoms with van der Waals surface area (Å²) in [7, 11) is -1.45. The number of carbonyl (C=O) groups excluding carboxylic acids is 1. The molecule has 1 aliphatic carbocycles. The van der Waals surface area contributed by atoms with E-state index in [2.05, 4.69) is 9.97 Å². The second-order valence-electron chi connectivity index (χ2n) is 7.29. The van der Waals surface area contributed by atoms with Crippen molar-refractivity contribution < 1.29 is 17.9 Å². The molecule has 1 atom stereocenters. The third-order valence-corrected chi connectivity index (χ3v) is 6.96. The molecule has 0 bridgehead atoms. The fourth-order valence-electron chi connectivity index (χ4n) is 3.68. The first-order valence-corrected chi connectivity index (χ1v) is 10.9. The van der Waals surface area contributed by atoms with Crippen LogP contribution in [0.4, 0.5) is 0 Å². The number of ether oxygens (including phenoxy) is 1. The molecule has 2 fully saturated rings. The van der Waals surface area contributed by atoms with Gasteiger partial charge in [-0.2, -0.15) is 0 Å². The molecule has 1 saturated carbocycles. The Bertz CT molecular complexity index is 979. The third-order valence-electron chi connectivity index (χ3n) is 5.21. The Morgan fingerprint density at radius 1 is 1.26 bits per heavy atom. The second kappa shape index (κ2) is 6.67. The van der Waals surface area contributed by atoms with E-state index in [9.17, 15) is 13.2 Å². The van der Waals surface area contributed by atoms with Crippen LogP contribution in [-0.4, -0.2) is 59.9 Å². The molecule has 2 aliphatic rings. The van der Waals surface area contributed by atoms with Gasteiger partial charge in [0, 0.05) is 23.3 Å². The molecule has 2 aromatic rings. The number of imidazole rings is 1. The Morgan fingerprint density at radius 3 is 2.67 bits per heavy atom. The summed E-state index contributed by atoms with van der Waals surface area (Å²) in [6.45, 7) is 1.82. The van der Waals surface area contributed by atoms with Crippen LogP contribution in [-0.2, 0) is 9.84 Å². The predicted octanol–water partition coefficient (Wildman–Crippen LogP) is 2.19. The van der Waals surface area contributed by atoms with Crippen molar-refractivity contribution in [2.45, 2.75) is 38.3 Å². The molecule has 1 aromatic heterocycles. The molecular formula is C19H23N3O4S. The maximum absolute atomic E-state index is 13.2. The molecule has 27 heavy (non-hydrogen) atoms. The first-order chi connectivity index (χ1) is 12.9. The number of hydrogen-bond acceptors (Lipinski definition) is 5. The van der Waals surface area contributed by atoms with Gasteiger partial charge in [-0.1, -0.05) is 12.1 Å². The lowest BCUT2D eigenvalue weighted by molar-refractivity contribution is 0.0674. The van der Waals surface area contributed by atoms with E-state index in [4.69, 9.17) is 4.74 Å². The molecule has 7 nitrogen and oxygen atoms in total. The highest BCUT2D eigenvalue weighted by Crippen LogP contribution is 2.34. The van der Waals surface area contributed by atoms with Gasteiger partial charge >= 0.3 is 0 Å². The van der Waals surface area contributed by atoms with Crippen LogP contribution in [0.3, 0.4) is 0 Å².